The first-order valence-electron chi connectivity index (χ1n) is 6.44. The fourth-order valence-corrected chi connectivity index (χ4v) is 2.66. The van der Waals surface area contributed by atoms with Gasteiger partial charge in [0.2, 0.25) is 0 Å². The summed E-state index contributed by atoms with van der Waals surface area (Å²) < 4.78 is 10.2. The first-order chi connectivity index (χ1) is 9.29. The minimum atomic E-state index is -0.135. The highest BCUT2D eigenvalue weighted by Gasteiger charge is 2.28. The summed E-state index contributed by atoms with van der Waals surface area (Å²) >= 11 is 0. The third-order valence-corrected chi connectivity index (χ3v) is 3.61. The van der Waals surface area contributed by atoms with Crippen molar-refractivity contribution >= 4 is 22.8 Å². The Bertz CT molecular complexity index is 593. The SMILES string of the molecule is COC(=O)C1CCCN(c2nccc3occc23)C1. The molecule has 5 heteroatoms. The Morgan fingerprint density at radius 2 is 2.42 bits per heavy atom. The summed E-state index contributed by atoms with van der Waals surface area (Å²) in [7, 11) is 1.44. The number of piperidine rings is 1. The number of pyridine rings is 1. The number of rotatable bonds is 2. The molecule has 2 aromatic rings. The predicted molar refractivity (Wildman–Crippen MR) is 71.0 cm³/mol. The van der Waals surface area contributed by atoms with E-state index in [4.69, 9.17) is 9.15 Å². The molecule has 0 aliphatic carbocycles. The Morgan fingerprint density at radius 1 is 1.53 bits per heavy atom. The maximum atomic E-state index is 11.7. The Hall–Kier alpha value is -2.04. The number of carbonyl (C=O) groups is 1. The lowest BCUT2D eigenvalue weighted by atomic mass is 9.98. The molecule has 1 saturated heterocycles. The zero-order valence-corrected chi connectivity index (χ0v) is 10.8. The highest BCUT2D eigenvalue weighted by atomic mass is 16.5. The molecular weight excluding hydrogens is 244 g/mol. The van der Waals surface area contributed by atoms with Gasteiger partial charge < -0.3 is 14.1 Å². The third-order valence-electron chi connectivity index (χ3n) is 3.61. The lowest BCUT2D eigenvalue weighted by molar-refractivity contribution is -0.145. The second kappa shape index (κ2) is 4.91. The predicted octanol–water partition coefficient (Wildman–Crippen LogP) is 2.22. The van der Waals surface area contributed by atoms with E-state index < -0.39 is 0 Å². The molecule has 0 bridgehead atoms. The molecule has 2 aromatic heterocycles. The Labute approximate surface area is 111 Å². The number of nitrogens with zero attached hydrogens (tertiary/aromatic N) is 2. The molecule has 0 radical (unpaired) electrons. The van der Waals surface area contributed by atoms with Crippen LogP contribution in [0.4, 0.5) is 5.82 Å². The van der Waals surface area contributed by atoms with Crippen molar-refractivity contribution in [3.63, 3.8) is 0 Å². The number of fused-ring (bicyclic) bond motifs is 1. The average Bonchev–Trinajstić information content (AvgIpc) is 2.94. The molecule has 100 valence electrons. The fourth-order valence-electron chi connectivity index (χ4n) is 2.66. The number of carbonyl (C=O) groups excluding carboxylic acids is 1. The molecule has 5 nitrogen and oxygen atoms in total. The molecule has 0 saturated carbocycles. The topological polar surface area (TPSA) is 55.6 Å². The second-order valence-corrected chi connectivity index (χ2v) is 4.78. The van der Waals surface area contributed by atoms with Crippen molar-refractivity contribution in [3.8, 4) is 0 Å². The van der Waals surface area contributed by atoms with Gasteiger partial charge in [-0.3, -0.25) is 4.79 Å². The zero-order chi connectivity index (χ0) is 13.2. The van der Waals surface area contributed by atoms with Gasteiger partial charge in [0.1, 0.15) is 11.4 Å². The number of anilines is 1. The maximum absolute atomic E-state index is 11.7. The van der Waals surface area contributed by atoms with Gasteiger partial charge in [-0.15, -0.1) is 0 Å². The Balaban J connectivity index is 1.89. The summed E-state index contributed by atoms with van der Waals surface area (Å²) in [5.74, 6) is 0.687. The molecule has 1 aliphatic rings. The number of furan rings is 1. The van der Waals surface area contributed by atoms with E-state index in [9.17, 15) is 4.79 Å². The van der Waals surface area contributed by atoms with E-state index in [1.807, 2.05) is 12.1 Å². The smallest absolute Gasteiger partial charge is 0.310 e. The summed E-state index contributed by atoms with van der Waals surface area (Å²) in [6, 6.07) is 3.76. The van der Waals surface area contributed by atoms with Crippen LogP contribution in [0.3, 0.4) is 0 Å². The van der Waals surface area contributed by atoms with Crippen LogP contribution in [-0.4, -0.2) is 31.2 Å². The van der Waals surface area contributed by atoms with Gasteiger partial charge in [-0.25, -0.2) is 4.98 Å². The average molecular weight is 260 g/mol. The van der Waals surface area contributed by atoms with Crippen LogP contribution in [0.5, 0.6) is 0 Å². The summed E-state index contributed by atoms with van der Waals surface area (Å²) in [6.45, 7) is 1.56. The molecule has 0 N–H and O–H groups in total. The maximum Gasteiger partial charge on any atom is 0.310 e. The minimum absolute atomic E-state index is 0.0669. The number of hydrogen-bond donors (Lipinski definition) is 0. The van der Waals surface area contributed by atoms with Gasteiger partial charge in [0, 0.05) is 19.3 Å². The van der Waals surface area contributed by atoms with E-state index in [2.05, 4.69) is 9.88 Å². The Morgan fingerprint density at radius 3 is 3.26 bits per heavy atom. The van der Waals surface area contributed by atoms with Gasteiger partial charge >= 0.3 is 5.97 Å². The van der Waals surface area contributed by atoms with E-state index in [0.29, 0.717) is 6.54 Å². The molecule has 0 aromatic carbocycles. The number of hydrogen-bond acceptors (Lipinski definition) is 5. The molecule has 1 fully saturated rings. The van der Waals surface area contributed by atoms with Crippen molar-refractivity contribution < 1.29 is 13.9 Å². The van der Waals surface area contributed by atoms with Crippen molar-refractivity contribution in [2.45, 2.75) is 12.8 Å². The summed E-state index contributed by atoms with van der Waals surface area (Å²) in [4.78, 5) is 18.2. The van der Waals surface area contributed by atoms with Crippen LogP contribution >= 0.6 is 0 Å². The largest absolute Gasteiger partial charge is 0.469 e. The van der Waals surface area contributed by atoms with Gasteiger partial charge in [-0.2, -0.15) is 0 Å². The van der Waals surface area contributed by atoms with E-state index in [0.717, 1.165) is 36.2 Å². The van der Waals surface area contributed by atoms with E-state index in [-0.39, 0.29) is 11.9 Å². The summed E-state index contributed by atoms with van der Waals surface area (Å²) in [5, 5.41) is 0.994. The van der Waals surface area contributed by atoms with Gasteiger partial charge in [-0.05, 0) is 25.0 Å². The van der Waals surface area contributed by atoms with E-state index in [1.54, 1.807) is 12.5 Å². The molecule has 0 amide bonds. The van der Waals surface area contributed by atoms with Crippen molar-refractivity contribution in [2.75, 3.05) is 25.1 Å². The van der Waals surface area contributed by atoms with E-state index >= 15 is 0 Å². The lowest BCUT2D eigenvalue weighted by Gasteiger charge is -2.32. The van der Waals surface area contributed by atoms with Crippen LogP contribution in [0, 0.1) is 5.92 Å². The first kappa shape index (κ1) is 12.0. The van der Waals surface area contributed by atoms with Crippen LogP contribution in [0.1, 0.15) is 12.8 Å². The van der Waals surface area contributed by atoms with Crippen LogP contribution in [0.2, 0.25) is 0 Å². The number of methoxy groups -OCH3 is 1. The van der Waals surface area contributed by atoms with Crippen molar-refractivity contribution in [1.29, 1.82) is 0 Å². The van der Waals surface area contributed by atoms with Crippen molar-refractivity contribution in [3.05, 3.63) is 24.6 Å². The molecule has 3 heterocycles. The molecular formula is C14H16N2O3. The Kier molecular flexibility index (Phi) is 3.11. The quantitative estimate of drug-likeness (QED) is 0.775. The summed E-state index contributed by atoms with van der Waals surface area (Å²) in [5.41, 5.74) is 0.824. The zero-order valence-electron chi connectivity index (χ0n) is 10.8. The lowest BCUT2D eigenvalue weighted by Crippen LogP contribution is -2.39. The number of aromatic nitrogens is 1. The minimum Gasteiger partial charge on any atom is -0.469 e. The molecule has 1 atom stereocenters. The molecule has 1 aliphatic heterocycles. The van der Waals surface area contributed by atoms with E-state index in [1.165, 1.54) is 7.11 Å². The van der Waals surface area contributed by atoms with Crippen molar-refractivity contribution in [1.82, 2.24) is 4.98 Å². The standard InChI is InChI=1S/C14H16N2O3/c1-18-14(17)10-3-2-7-16(9-10)13-11-5-8-19-12(11)4-6-15-13/h4-6,8,10H,2-3,7,9H2,1H3. The molecule has 3 rings (SSSR count). The van der Waals surface area contributed by atoms with Gasteiger partial charge in [0.15, 0.2) is 0 Å². The van der Waals surface area contributed by atoms with Crippen LogP contribution in [0.15, 0.2) is 29.0 Å². The highest BCUT2D eigenvalue weighted by molar-refractivity contribution is 5.88. The first-order valence-corrected chi connectivity index (χ1v) is 6.44. The van der Waals surface area contributed by atoms with Crippen LogP contribution in [0.25, 0.3) is 11.0 Å². The van der Waals surface area contributed by atoms with Crippen LogP contribution in [-0.2, 0) is 9.53 Å². The highest BCUT2D eigenvalue weighted by Crippen LogP contribution is 2.29. The number of esters is 1. The fraction of sp³-hybridized carbons (Fsp3) is 0.429. The number of ether oxygens (including phenoxy) is 1. The van der Waals surface area contributed by atoms with Crippen LogP contribution < -0.4 is 4.90 Å². The van der Waals surface area contributed by atoms with Crippen molar-refractivity contribution in [2.24, 2.45) is 5.92 Å². The summed E-state index contributed by atoms with van der Waals surface area (Å²) in [6.07, 6.45) is 5.25. The van der Waals surface area contributed by atoms with Gasteiger partial charge in [0.05, 0.1) is 24.7 Å². The third kappa shape index (κ3) is 2.16. The van der Waals surface area contributed by atoms with Gasteiger partial charge in [0.25, 0.3) is 0 Å². The van der Waals surface area contributed by atoms with Gasteiger partial charge in [-0.1, -0.05) is 0 Å². The molecule has 0 spiro atoms. The second-order valence-electron chi connectivity index (χ2n) is 4.78. The molecule has 19 heavy (non-hydrogen) atoms. The monoisotopic (exact) mass is 260 g/mol. The normalized spacial score (nSPS) is 19.6. The molecule has 1 unspecified atom stereocenters.